The topological polar surface area (TPSA) is 38.8 Å². The Labute approximate surface area is 139 Å². The maximum Gasteiger partial charge on any atom is 0.330 e. The second-order valence-electron chi connectivity index (χ2n) is 7.33. The van der Waals surface area contributed by atoms with E-state index in [1.165, 1.54) is 5.56 Å². The lowest BCUT2D eigenvalue weighted by Gasteiger charge is -2.32. The molecule has 1 aliphatic heterocycles. The molecule has 0 aliphatic carbocycles. The standard InChI is InChI=1S/C19H29NO3/c1-19(2,3)18(21)23-20-12-9-16(10-13-20)11-14-22-15-17-7-5-4-6-8-17/h4-8,16H,9-15H2,1-3H3. The zero-order valence-electron chi connectivity index (χ0n) is 14.6. The molecular weight excluding hydrogens is 290 g/mol. The van der Waals surface area contributed by atoms with Crippen LogP contribution >= 0.6 is 0 Å². The Morgan fingerprint density at radius 2 is 1.83 bits per heavy atom. The maximum absolute atomic E-state index is 11.9. The van der Waals surface area contributed by atoms with Gasteiger partial charge in [-0.15, -0.1) is 5.06 Å². The molecule has 0 radical (unpaired) electrons. The van der Waals surface area contributed by atoms with Crippen molar-refractivity contribution in [2.24, 2.45) is 11.3 Å². The minimum Gasteiger partial charge on any atom is -0.377 e. The van der Waals surface area contributed by atoms with E-state index in [4.69, 9.17) is 9.57 Å². The van der Waals surface area contributed by atoms with E-state index in [0.717, 1.165) is 39.0 Å². The molecule has 0 amide bonds. The van der Waals surface area contributed by atoms with Gasteiger partial charge in [0.25, 0.3) is 0 Å². The van der Waals surface area contributed by atoms with Crippen molar-refractivity contribution in [3.05, 3.63) is 35.9 Å². The van der Waals surface area contributed by atoms with Gasteiger partial charge in [-0.2, -0.15) is 0 Å². The first-order chi connectivity index (χ1) is 10.9. The summed E-state index contributed by atoms with van der Waals surface area (Å²) in [6.45, 7) is 8.77. The van der Waals surface area contributed by atoms with Gasteiger partial charge < -0.3 is 9.57 Å². The highest BCUT2D eigenvalue weighted by Crippen LogP contribution is 2.23. The van der Waals surface area contributed by atoms with Crippen LogP contribution in [-0.2, 0) is 21.0 Å². The van der Waals surface area contributed by atoms with Crippen molar-refractivity contribution >= 4 is 5.97 Å². The van der Waals surface area contributed by atoms with Crippen LogP contribution in [0.25, 0.3) is 0 Å². The van der Waals surface area contributed by atoms with Crippen LogP contribution in [0, 0.1) is 11.3 Å². The molecule has 0 spiro atoms. The lowest BCUT2D eigenvalue weighted by molar-refractivity contribution is -0.206. The van der Waals surface area contributed by atoms with E-state index in [1.807, 2.05) is 44.0 Å². The van der Waals surface area contributed by atoms with Crippen LogP contribution in [0.1, 0.15) is 45.6 Å². The molecule has 1 heterocycles. The highest BCUT2D eigenvalue weighted by atomic mass is 16.7. The largest absolute Gasteiger partial charge is 0.377 e. The number of hydrogen-bond acceptors (Lipinski definition) is 4. The number of carbonyl (C=O) groups is 1. The second kappa shape index (κ2) is 8.46. The van der Waals surface area contributed by atoms with Crippen LogP contribution in [0.4, 0.5) is 0 Å². The Morgan fingerprint density at radius 1 is 1.17 bits per heavy atom. The lowest BCUT2D eigenvalue weighted by atomic mass is 9.95. The van der Waals surface area contributed by atoms with Gasteiger partial charge in [-0.1, -0.05) is 30.3 Å². The molecule has 0 unspecified atom stereocenters. The first-order valence-corrected chi connectivity index (χ1v) is 8.54. The van der Waals surface area contributed by atoms with Crippen molar-refractivity contribution < 1.29 is 14.4 Å². The summed E-state index contributed by atoms with van der Waals surface area (Å²) < 4.78 is 5.76. The molecule has 1 fully saturated rings. The molecular formula is C19H29NO3. The highest BCUT2D eigenvalue weighted by molar-refractivity contribution is 5.75. The average Bonchev–Trinajstić information content (AvgIpc) is 2.53. The Bertz CT molecular complexity index is 473. The zero-order valence-corrected chi connectivity index (χ0v) is 14.6. The predicted octanol–water partition coefficient (Wildman–Crippen LogP) is 3.81. The summed E-state index contributed by atoms with van der Waals surface area (Å²) in [5.74, 6) is 0.512. The number of benzene rings is 1. The molecule has 0 aromatic heterocycles. The van der Waals surface area contributed by atoms with Gasteiger partial charge in [0.1, 0.15) is 0 Å². The first-order valence-electron chi connectivity index (χ1n) is 8.54. The fraction of sp³-hybridized carbons (Fsp3) is 0.632. The van der Waals surface area contributed by atoms with Gasteiger partial charge in [-0.25, -0.2) is 4.79 Å². The van der Waals surface area contributed by atoms with Crippen molar-refractivity contribution in [2.75, 3.05) is 19.7 Å². The van der Waals surface area contributed by atoms with Gasteiger partial charge in [0.15, 0.2) is 0 Å². The van der Waals surface area contributed by atoms with E-state index >= 15 is 0 Å². The van der Waals surface area contributed by atoms with Gasteiger partial charge in [0.2, 0.25) is 0 Å². The number of piperidine rings is 1. The Morgan fingerprint density at radius 3 is 2.43 bits per heavy atom. The number of rotatable bonds is 6. The molecule has 0 N–H and O–H groups in total. The van der Waals surface area contributed by atoms with Crippen molar-refractivity contribution in [1.82, 2.24) is 5.06 Å². The van der Waals surface area contributed by atoms with Crippen LogP contribution in [0.3, 0.4) is 0 Å². The SMILES string of the molecule is CC(C)(C)C(=O)ON1CCC(CCOCc2ccccc2)CC1. The normalized spacial score (nSPS) is 17.2. The third-order valence-electron chi connectivity index (χ3n) is 4.18. The molecule has 0 saturated carbocycles. The summed E-state index contributed by atoms with van der Waals surface area (Å²) in [5.41, 5.74) is 0.777. The molecule has 1 saturated heterocycles. The molecule has 4 heteroatoms. The molecule has 1 aromatic carbocycles. The Hall–Kier alpha value is -1.39. The monoisotopic (exact) mass is 319 g/mol. The number of hydrogen-bond donors (Lipinski definition) is 0. The summed E-state index contributed by atoms with van der Waals surface area (Å²) in [6.07, 6.45) is 3.20. The van der Waals surface area contributed by atoms with Crippen LogP contribution in [0.2, 0.25) is 0 Å². The van der Waals surface area contributed by atoms with E-state index in [1.54, 1.807) is 0 Å². The smallest absolute Gasteiger partial charge is 0.330 e. The fourth-order valence-electron chi connectivity index (χ4n) is 2.56. The van der Waals surface area contributed by atoms with E-state index < -0.39 is 5.41 Å². The van der Waals surface area contributed by atoms with E-state index in [9.17, 15) is 4.79 Å². The summed E-state index contributed by atoms with van der Waals surface area (Å²) in [4.78, 5) is 17.3. The Kier molecular flexibility index (Phi) is 6.60. The van der Waals surface area contributed by atoms with Crippen LogP contribution in [-0.4, -0.2) is 30.7 Å². The number of carbonyl (C=O) groups excluding carboxylic acids is 1. The van der Waals surface area contributed by atoms with Crippen LogP contribution < -0.4 is 0 Å². The summed E-state index contributed by atoms with van der Waals surface area (Å²) in [7, 11) is 0. The molecule has 23 heavy (non-hydrogen) atoms. The molecule has 4 nitrogen and oxygen atoms in total. The predicted molar refractivity (Wildman–Crippen MR) is 90.6 cm³/mol. The summed E-state index contributed by atoms with van der Waals surface area (Å²) >= 11 is 0. The average molecular weight is 319 g/mol. The molecule has 1 aromatic rings. The second-order valence-corrected chi connectivity index (χ2v) is 7.33. The maximum atomic E-state index is 11.9. The van der Waals surface area contributed by atoms with Gasteiger partial charge in [0, 0.05) is 19.7 Å². The zero-order chi connectivity index (χ0) is 16.7. The minimum atomic E-state index is -0.442. The van der Waals surface area contributed by atoms with Crippen molar-refractivity contribution in [3.8, 4) is 0 Å². The lowest BCUT2D eigenvalue weighted by Crippen LogP contribution is -2.39. The van der Waals surface area contributed by atoms with Gasteiger partial charge in [0.05, 0.1) is 12.0 Å². The van der Waals surface area contributed by atoms with Crippen LogP contribution in [0.5, 0.6) is 0 Å². The quantitative estimate of drug-likeness (QED) is 0.747. The van der Waals surface area contributed by atoms with Gasteiger partial charge in [-0.3, -0.25) is 0 Å². The molecule has 2 rings (SSSR count). The third kappa shape index (κ3) is 6.32. The summed E-state index contributed by atoms with van der Waals surface area (Å²) in [6, 6.07) is 10.3. The molecule has 1 aliphatic rings. The van der Waals surface area contributed by atoms with E-state index in [2.05, 4.69) is 12.1 Å². The highest BCUT2D eigenvalue weighted by Gasteiger charge is 2.28. The molecule has 128 valence electrons. The van der Waals surface area contributed by atoms with E-state index in [-0.39, 0.29) is 5.97 Å². The van der Waals surface area contributed by atoms with Crippen molar-refractivity contribution in [2.45, 2.75) is 46.6 Å². The molecule has 0 atom stereocenters. The number of ether oxygens (including phenoxy) is 1. The molecule has 0 bridgehead atoms. The third-order valence-corrected chi connectivity index (χ3v) is 4.18. The Balaban J connectivity index is 1.59. The van der Waals surface area contributed by atoms with Crippen molar-refractivity contribution in [1.29, 1.82) is 0 Å². The fourth-order valence-corrected chi connectivity index (χ4v) is 2.56. The number of hydroxylamine groups is 2. The minimum absolute atomic E-state index is 0.151. The van der Waals surface area contributed by atoms with Gasteiger partial charge in [-0.05, 0) is 51.5 Å². The summed E-state index contributed by atoms with van der Waals surface area (Å²) in [5, 5.41) is 1.81. The first kappa shape index (κ1) is 18.0. The van der Waals surface area contributed by atoms with E-state index in [0.29, 0.717) is 12.5 Å². The number of nitrogens with zero attached hydrogens (tertiary/aromatic N) is 1. The van der Waals surface area contributed by atoms with Crippen molar-refractivity contribution in [3.63, 3.8) is 0 Å². The van der Waals surface area contributed by atoms with Gasteiger partial charge >= 0.3 is 5.97 Å². The van der Waals surface area contributed by atoms with Crippen LogP contribution in [0.15, 0.2) is 30.3 Å².